The van der Waals surface area contributed by atoms with Gasteiger partial charge in [-0.1, -0.05) is 35.9 Å². The van der Waals surface area contributed by atoms with E-state index in [0.717, 1.165) is 16.3 Å². The minimum absolute atomic E-state index is 0.731. The van der Waals surface area contributed by atoms with Crippen molar-refractivity contribution in [2.45, 2.75) is 6.92 Å². The SMILES string of the molecule is Cc1ccccc1C=Nc1ccc(Cl)cc1. The van der Waals surface area contributed by atoms with Crippen LogP contribution in [0.5, 0.6) is 0 Å². The van der Waals surface area contributed by atoms with Gasteiger partial charge in [0.1, 0.15) is 0 Å². The van der Waals surface area contributed by atoms with E-state index in [1.54, 1.807) is 0 Å². The lowest BCUT2D eigenvalue weighted by molar-refractivity contribution is 1.44. The number of halogens is 1. The summed E-state index contributed by atoms with van der Waals surface area (Å²) < 4.78 is 0. The van der Waals surface area contributed by atoms with Crippen LogP contribution in [0.2, 0.25) is 5.02 Å². The van der Waals surface area contributed by atoms with Crippen molar-refractivity contribution in [3.8, 4) is 0 Å². The summed E-state index contributed by atoms with van der Waals surface area (Å²) >= 11 is 5.80. The third-order valence-electron chi connectivity index (χ3n) is 2.37. The van der Waals surface area contributed by atoms with Gasteiger partial charge in [-0.05, 0) is 42.3 Å². The van der Waals surface area contributed by atoms with Crippen molar-refractivity contribution in [2.75, 3.05) is 0 Å². The van der Waals surface area contributed by atoms with Gasteiger partial charge in [0, 0.05) is 11.2 Å². The zero-order chi connectivity index (χ0) is 11.4. The number of nitrogens with zero attached hydrogens (tertiary/aromatic N) is 1. The van der Waals surface area contributed by atoms with Crippen molar-refractivity contribution in [3.63, 3.8) is 0 Å². The molecule has 2 aromatic carbocycles. The second kappa shape index (κ2) is 4.95. The summed E-state index contributed by atoms with van der Waals surface area (Å²) in [7, 11) is 0. The Kier molecular flexibility index (Phi) is 3.37. The van der Waals surface area contributed by atoms with Crippen molar-refractivity contribution < 1.29 is 0 Å². The predicted molar refractivity (Wildman–Crippen MR) is 69.9 cm³/mol. The Labute approximate surface area is 100 Å². The number of hydrogen-bond donors (Lipinski definition) is 0. The second-order valence-electron chi connectivity index (χ2n) is 3.59. The lowest BCUT2D eigenvalue weighted by Crippen LogP contribution is -1.84. The smallest absolute Gasteiger partial charge is 0.0630 e. The fourth-order valence-electron chi connectivity index (χ4n) is 1.40. The van der Waals surface area contributed by atoms with Gasteiger partial charge in [0.2, 0.25) is 0 Å². The van der Waals surface area contributed by atoms with Crippen LogP contribution in [0.25, 0.3) is 0 Å². The molecule has 0 heterocycles. The average Bonchev–Trinajstić information content (AvgIpc) is 2.30. The van der Waals surface area contributed by atoms with Crippen LogP contribution in [-0.2, 0) is 0 Å². The van der Waals surface area contributed by atoms with E-state index in [0.29, 0.717) is 0 Å². The molecule has 0 amide bonds. The fourth-order valence-corrected chi connectivity index (χ4v) is 1.53. The van der Waals surface area contributed by atoms with Gasteiger partial charge < -0.3 is 0 Å². The summed E-state index contributed by atoms with van der Waals surface area (Å²) in [6, 6.07) is 15.6. The summed E-state index contributed by atoms with van der Waals surface area (Å²) in [6.07, 6.45) is 1.87. The van der Waals surface area contributed by atoms with E-state index in [4.69, 9.17) is 11.6 Å². The van der Waals surface area contributed by atoms with Gasteiger partial charge in [-0.3, -0.25) is 4.99 Å². The predicted octanol–water partition coefficient (Wildman–Crippen LogP) is 4.40. The molecular formula is C14H12ClN. The summed E-state index contributed by atoms with van der Waals surface area (Å²) in [5.41, 5.74) is 3.27. The van der Waals surface area contributed by atoms with Gasteiger partial charge in [0.15, 0.2) is 0 Å². The molecule has 2 heteroatoms. The maximum absolute atomic E-state index is 5.80. The number of aryl methyl sites for hydroxylation is 1. The van der Waals surface area contributed by atoms with E-state index in [1.165, 1.54) is 5.56 Å². The monoisotopic (exact) mass is 229 g/mol. The lowest BCUT2D eigenvalue weighted by Gasteiger charge is -1.98. The molecule has 0 atom stereocenters. The molecule has 1 nitrogen and oxygen atoms in total. The molecule has 80 valence electrons. The van der Waals surface area contributed by atoms with Gasteiger partial charge in [-0.2, -0.15) is 0 Å². The van der Waals surface area contributed by atoms with Gasteiger partial charge >= 0.3 is 0 Å². The second-order valence-corrected chi connectivity index (χ2v) is 4.03. The molecule has 2 aromatic rings. The third-order valence-corrected chi connectivity index (χ3v) is 2.62. The van der Waals surface area contributed by atoms with Crippen LogP contribution in [0.15, 0.2) is 53.5 Å². The standard InChI is InChI=1S/C14H12ClN/c1-11-4-2-3-5-12(11)10-16-14-8-6-13(15)7-9-14/h2-10H,1H3. The van der Waals surface area contributed by atoms with E-state index >= 15 is 0 Å². The molecule has 0 unspecified atom stereocenters. The summed E-state index contributed by atoms with van der Waals surface area (Å²) in [6.45, 7) is 2.07. The van der Waals surface area contributed by atoms with Crippen LogP contribution in [-0.4, -0.2) is 6.21 Å². The summed E-state index contributed by atoms with van der Waals surface area (Å²) in [4.78, 5) is 4.39. The van der Waals surface area contributed by atoms with Crippen LogP contribution in [0, 0.1) is 6.92 Å². The van der Waals surface area contributed by atoms with Gasteiger partial charge in [0.05, 0.1) is 5.69 Å². The summed E-state index contributed by atoms with van der Waals surface area (Å²) in [5, 5.41) is 0.731. The number of aliphatic imine (C=N–C) groups is 1. The van der Waals surface area contributed by atoms with Crippen LogP contribution in [0.1, 0.15) is 11.1 Å². The molecule has 0 aliphatic carbocycles. The summed E-state index contributed by atoms with van der Waals surface area (Å²) in [5.74, 6) is 0. The van der Waals surface area contributed by atoms with E-state index in [-0.39, 0.29) is 0 Å². The molecular weight excluding hydrogens is 218 g/mol. The van der Waals surface area contributed by atoms with Crippen LogP contribution < -0.4 is 0 Å². The van der Waals surface area contributed by atoms with Crippen LogP contribution in [0.4, 0.5) is 5.69 Å². The zero-order valence-electron chi connectivity index (χ0n) is 9.02. The molecule has 0 bridgehead atoms. The van der Waals surface area contributed by atoms with Crippen LogP contribution >= 0.6 is 11.6 Å². The van der Waals surface area contributed by atoms with E-state index < -0.39 is 0 Å². The first-order valence-electron chi connectivity index (χ1n) is 5.11. The van der Waals surface area contributed by atoms with Crippen molar-refractivity contribution in [2.24, 2.45) is 4.99 Å². The van der Waals surface area contributed by atoms with E-state index in [1.807, 2.05) is 42.6 Å². The molecule has 0 spiro atoms. The van der Waals surface area contributed by atoms with E-state index in [9.17, 15) is 0 Å². The Bertz CT molecular complexity index is 500. The minimum Gasteiger partial charge on any atom is -0.256 e. The molecule has 0 N–H and O–H groups in total. The Morgan fingerprint density at radius 3 is 2.38 bits per heavy atom. The topological polar surface area (TPSA) is 12.4 Å². The molecule has 0 aliphatic heterocycles. The highest BCUT2D eigenvalue weighted by molar-refractivity contribution is 6.30. The molecule has 0 fully saturated rings. The Balaban J connectivity index is 2.21. The first-order chi connectivity index (χ1) is 7.75. The number of hydrogen-bond acceptors (Lipinski definition) is 1. The minimum atomic E-state index is 0.731. The van der Waals surface area contributed by atoms with Crippen molar-refractivity contribution in [1.82, 2.24) is 0 Å². The average molecular weight is 230 g/mol. The molecule has 16 heavy (non-hydrogen) atoms. The van der Waals surface area contributed by atoms with Crippen molar-refractivity contribution in [1.29, 1.82) is 0 Å². The Hall–Kier alpha value is -1.60. The normalized spacial score (nSPS) is 10.9. The Morgan fingerprint density at radius 2 is 1.69 bits per heavy atom. The molecule has 0 radical (unpaired) electrons. The maximum atomic E-state index is 5.80. The largest absolute Gasteiger partial charge is 0.256 e. The van der Waals surface area contributed by atoms with E-state index in [2.05, 4.69) is 24.0 Å². The molecule has 0 saturated carbocycles. The number of benzene rings is 2. The zero-order valence-corrected chi connectivity index (χ0v) is 9.78. The first kappa shape index (κ1) is 10.9. The Morgan fingerprint density at radius 1 is 1.00 bits per heavy atom. The number of rotatable bonds is 2. The molecule has 2 rings (SSSR count). The van der Waals surface area contributed by atoms with Gasteiger partial charge in [-0.15, -0.1) is 0 Å². The fraction of sp³-hybridized carbons (Fsp3) is 0.0714. The molecule has 0 aromatic heterocycles. The quantitative estimate of drug-likeness (QED) is 0.677. The highest BCUT2D eigenvalue weighted by Crippen LogP contribution is 2.16. The highest BCUT2D eigenvalue weighted by Gasteiger charge is 1.92. The molecule has 0 saturated heterocycles. The highest BCUT2D eigenvalue weighted by atomic mass is 35.5. The van der Waals surface area contributed by atoms with Gasteiger partial charge in [0.25, 0.3) is 0 Å². The lowest BCUT2D eigenvalue weighted by atomic mass is 10.1. The first-order valence-corrected chi connectivity index (χ1v) is 5.49. The maximum Gasteiger partial charge on any atom is 0.0630 e. The van der Waals surface area contributed by atoms with Crippen LogP contribution in [0.3, 0.4) is 0 Å². The van der Waals surface area contributed by atoms with Crippen molar-refractivity contribution >= 4 is 23.5 Å². The van der Waals surface area contributed by atoms with Crippen molar-refractivity contribution in [3.05, 3.63) is 64.7 Å². The third kappa shape index (κ3) is 2.71. The van der Waals surface area contributed by atoms with Gasteiger partial charge in [-0.25, -0.2) is 0 Å². The molecule has 0 aliphatic rings.